The zero-order chi connectivity index (χ0) is 33.4. The van der Waals surface area contributed by atoms with Crippen LogP contribution in [0.25, 0.3) is 0 Å². The summed E-state index contributed by atoms with van der Waals surface area (Å²) in [4.78, 5) is 39.3. The summed E-state index contributed by atoms with van der Waals surface area (Å²) in [5.41, 5.74) is 1.61. The Morgan fingerprint density at radius 3 is 2.22 bits per heavy atom. The van der Waals surface area contributed by atoms with Crippen molar-refractivity contribution in [2.24, 2.45) is 63.4 Å². The summed E-state index contributed by atoms with van der Waals surface area (Å²) in [6.07, 6.45) is -5.50. The van der Waals surface area contributed by atoms with Gasteiger partial charge in [0.25, 0.3) is 0 Å². The number of aliphatic hydroxyl groups excluding tert-OH is 2. The van der Waals surface area contributed by atoms with Crippen molar-refractivity contribution in [1.82, 2.24) is 0 Å². The van der Waals surface area contributed by atoms with E-state index in [9.17, 15) is 29.7 Å². The number of aliphatic hydroxyl groups is 3. The first-order valence-electron chi connectivity index (χ1n) is 16.6. The van der Waals surface area contributed by atoms with Crippen molar-refractivity contribution in [1.29, 1.82) is 0 Å². The van der Waals surface area contributed by atoms with Crippen LogP contribution in [-0.4, -0.2) is 107 Å². The first-order valence-corrected chi connectivity index (χ1v) is 16.6. The molecule has 3 heterocycles. The van der Waals surface area contributed by atoms with Crippen molar-refractivity contribution in [3.63, 3.8) is 0 Å². The molecule has 0 aromatic rings. The van der Waals surface area contributed by atoms with Crippen LogP contribution in [-0.2, 0) is 42.8 Å². The predicted octanol–water partition coefficient (Wildman–Crippen LogP) is -0.105. The van der Waals surface area contributed by atoms with E-state index in [-0.39, 0.29) is 17.9 Å². The maximum absolute atomic E-state index is 13.3. The highest BCUT2D eigenvalue weighted by atomic mass is 16.8. The fourth-order valence-corrected chi connectivity index (χ4v) is 13.2. The molecule has 0 radical (unpaired) electrons. The molecule has 8 fully saturated rings. The number of esters is 3. The molecule has 1 spiro atoms. The van der Waals surface area contributed by atoms with Crippen molar-refractivity contribution in [3.8, 4) is 0 Å². The minimum absolute atomic E-state index is 0.149. The van der Waals surface area contributed by atoms with E-state index in [0.717, 1.165) is 0 Å². The molecule has 13 heteroatoms. The largest absolute Gasteiger partial charge is 0.458 e. The Hall–Kier alpha value is -1.87. The second-order valence-electron chi connectivity index (χ2n) is 16.4. The molecule has 2 unspecified atom stereocenters. The van der Waals surface area contributed by atoms with Crippen LogP contribution in [0, 0.1) is 57.7 Å². The molecule has 3 saturated heterocycles. The second kappa shape index (κ2) is 9.02. The van der Waals surface area contributed by atoms with E-state index in [4.69, 9.17) is 34.2 Å². The molecule has 5 N–H and O–H groups in total. The summed E-state index contributed by atoms with van der Waals surface area (Å²) in [7, 11) is 1.57. The molecule has 21 atom stereocenters. The van der Waals surface area contributed by atoms with Crippen LogP contribution in [0.5, 0.6) is 0 Å². The third-order valence-corrected chi connectivity index (χ3v) is 15.0. The average Bonchev–Trinajstić information content (AvgIpc) is 3.86. The van der Waals surface area contributed by atoms with Gasteiger partial charge in [-0.1, -0.05) is 20.8 Å². The average molecular weight is 650 g/mol. The maximum Gasteiger partial charge on any atom is 0.341 e. The normalized spacial score (nSPS) is 63.4. The fraction of sp³-hybridized carbons (Fsp3) is 0.909. The molecule has 8 aliphatic rings. The molecule has 0 bridgehead atoms. The Labute approximate surface area is 267 Å². The van der Waals surface area contributed by atoms with Crippen molar-refractivity contribution in [3.05, 3.63) is 0 Å². The van der Waals surface area contributed by atoms with Gasteiger partial charge in [-0.25, -0.2) is 4.79 Å². The van der Waals surface area contributed by atoms with Crippen LogP contribution in [0.3, 0.4) is 0 Å². The molecule has 46 heavy (non-hydrogen) atoms. The first-order chi connectivity index (χ1) is 21.4. The van der Waals surface area contributed by atoms with Crippen LogP contribution in [0.4, 0.5) is 0 Å². The van der Waals surface area contributed by atoms with Gasteiger partial charge in [-0.3, -0.25) is 9.59 Å². The van der Waals surface area contributed by atoms with Crippen LogP contribution >= 0.6 is 0 Å². The molecule has 5 aliphatic carbocycles. The lowest BCUT2D eigenvalue weighted by molar-refractivity contribution is -0.285. The standard InChI is InChI=1S/C33H47NO12/c1-10-16-19(31(6)32(7,40)28(39)46-33(31)26(10)45-33)21(37)17-15-18(24(42-11(2)35)27(30(16,17)5)43-12(3)36)29(4)13(20(34)23(15)41-8)9-14-22(44-14)25(29)38/h10,13-27,37-38,40H,9,34H2,1-8H3/t10-,13+,14-,15?,16-,17+,18?,19-,20+,21+,22-,23+,24-,25-,26+,27-,29-,30+,31-,32+,33-/m0/s1. The third kappa shape index (κ3) is 3.16. The molecular formula is C33H47NO12. The van der Waals surface area contributed by atoms with E-state index in [0.29, 0.717) is 6.42 Å². The van der Waals surface area contributed by atoms with Crippen molar-refractivity contribution < 1.29 is 58.1 Å². The molecule has 13 nitrogen and oxygen atoms in total. The number of rotatable bonds is 3. The Kier molecular flexibility index (Phi) is 6.16. The van der Waals surface area contributed by atoms with E-state index in [1.54, 1.807) is 14.0 Å². The van der Waals surface area contributed by atoms with Crippen LogP contribution < -0.4 is 5.73 Å². The Bertz CT molecular complexity index is 1410. The van der Waals surface area contributed by atoms with Crippen molar-refractivity contribution in [2.75, 3.05) is 7.11 Å². The summed E-state index contributed by atoms with van der Waals surface area (Å²) in [5, 5.41) is 36.7. The molecule has 0 aromatic heterocycles. The van der Waals surface area contributed by atoms with Crippen LogP contribution in [0.15, 0.2) is 0 Å². The number of fused-ring (bicyclic) bond motifs is 9. The minimum Gasteiger partial charge on any atom is -0.458 e. The molecule has 3 aliphatic heterocycles. The zero-order valence-electron chi connectivity index (χ0n) is 27.5. The van der Waals surface area contributed by atoms with Gasteiger partial charge in [0, 0.05) is 55.6 Å². The van der Waals surface area contributed by atoms with Gasteiger partial charge in [0.1, 0.15) is 24.4 Å². The SMILES string of the molecule is CO[C@@H]1C2C([C@H](OC(C)=O)[C@H](OC(C)=O)[C@]3(C)[C@H]4[C@H](C)[C@H]5O[C@]56OC(=O)[C@@](C)(O)[C@]6(C)[C@@H]4[C@H](O)[C@@H]23)[C@]2(C)[C@H](C[C@@H]3O[C@@H]3[C@@H]2O)[C@H]1N. The second-order valence-corrected chi connectivity index (χ2v) is 16.4. The highest BCUT2D eigenvalue weighted by Gasteiger charge is 2.93. The lowest BCUT2D eigenvalue weighted by Gasteiger charge is -2.67. The first kappa shape index (κ1) is 31.4. The predicted molar refractivity (Wildman–Crippen MR) is 154 cm³/mol. The third-order valence-electron chi connectivity index (χ3n) is 15.0. The number of ether oxygens (including phenoxy) is 6. The summed E-state index contributed by atoms with van der Waals surface area (Å²) in [5.74, 6) is -7.31. The molecule has 8 rings (SSSR count). The highest BCUT2D eigenvalue weighted by molar-refractivity contribution is 5.84. The molecule has 0 amide bonds. The topological polar surface area (TPSA) is 200 Å². The van der Waals surface area contributed by atoms with Crippen LogP contribution in [0.2, 0.25) is 0 Å². The number of epoxide rings is 2. The van der Waals surface area contributed by atoms with E-state index >= 15 is 0 Å². The Morgan fingerprint density at radius 2 is 1.61 bits per heavy atom. The van der Waals surface area contributed by atoms with Gasteiger partial charge in [-0.15, -0.1) is 0 Å². The smallest absolute Gasteiger partial charge is 0.341 e. The van der Waals surface area contributed by atoms with E-state index in [2.05, 4.69) is 0 Å². The quantitative estimate of drug-likeness (QED) is 0.180. The number of carbonyl (C=O) groups excluding carboxylic acids is 3. The highest BCUT2D eigenvalue weighted by Crippen LogP contribution is 2.80. The van der Waals surface area contributed by atoms with Gasteiger partial charge in [-0.05, 0) is 43.9 Å². The summed E-state index contributed by atoms with van der Waals surface area (Å²) < 4.78 is 36.7. The van der Waals surface area contributed by atoms with Gasteiger partial charge in [0.2, 0.25) is 5.79 Å². The van der Waals surface area contributed by atoms with Crippen molar-refractivity contribution >= 4 is 17.9 Å². The lowest BCUT2D eigenvalue weighted by atomic mass is 9.40. The number of methoxy groups -OCH3 is 1. The Balaban J connectivity index is 1.39. The minimum atomic E-state index is -2.01. The number of carbonyl (C=O) groups is 3. The number of nitrogens with two attached hydrogens (primary N) is 1. The van der Waals surface area contributed by atoms with E-state index in [1.165, 1.54) is 20.8 Å². The van der Waals surface area contributed by atoms with Crippen LogP contribution in [0.1, 0.15) is 54.9 Å². The number of hydrogen-bond acceptors (Lipinski definition) is 13. The zero-order valence-corrected chi connectivity index (χ0v) is 27.5. The van der Waals surface area contributed by atoms with Gasteiger partial charge in [0.05, 0.1) is 29.8 Å². The van der Waals surface area contributed by atoms with E-state index < -0.39 is 124 Å². The van der Waals surface area contributed by atoms with Gasteiger partial charge in [-0.2, -0.15) is 0 Å². The molecule has 0 aromatic carbocycles. The number of hydrogen-bond donors (Lipinski definition) is 4. The lowest BCUT2D eigenvalue weighted by Crippen LogP contribution is -2.76. The van der Waals surface area contributed by atoms with Gasteiger partial charge in [0.15, 0.2) is 5.60 Å². The maximum atomic E-state index is 13.3. The fourth-order valence-electron chi connectivity index (χ4n) is 13.2. The van der Waals surface area contributed by atoms with E-state index in [1.807, 2.05) is 20.8 Å². The Morgan fingerprint density at radius 1 is 0.957 bits per heavy atom. The molecule has 5 saturated carbocycles. The summed E-state index contributed by atoms with van der Waals surface area (Å²) in [6, 6.07) is -0.575. The van der Waals surface area contributed by atoms with Crippen molar-refractivity contribution in [2.45, 2.75) is 121 Å². The summed E-state index contributed by atoms with van der Waals surface area (Å²) >= 11 is 0. The van der Waals surface area contributed by atoms with Gasteiger partial charge < -0.3 is 49.5 Å². The molecular weight excluding hydrogens is 602 g/mol. The monoisotopic (exact) mass is 649 g/mol. The van der Waals surface area contributed by atoms with Gasteiger partial charge >= 0.3 is 17.9 Å². The molecule has 256 valence electrons. The summed E-state index contributed by atoms with van der Waals surface area (Å²) in [6.45, 7) is 11.6.